The number of aromatic nitrogens is 1. The van der Waals surface area contributed by atoms with Crippen molar-refractivity contribution < 1.29 is 9.72 Å². The van der Waals surface area contributed by atoms with Crippen LogP contribution in [0.4, 0.5) is 11.5 Å². The molecule has 0 spiro atoms. The van der Waals surface area contributed by atoms with Gasteiger partial charge in [0.2, 0.25) is 0 Å². The molecule has 0 unspecified atom stereocenters. The fourth-order valence-electron chi connectivity index (χ4n) is 1.70. The van der Waals surface area contributed by atoms with Crippen molar-refractivity contribution >= 4 is 29.2 Å². The van der Waals surface area contributed by atoms with Crippen LogP contribution < -0.4 is 10.6 Å². The van der Waals surface area contributed by atoms with Gasteiger partial charge in [0.05, 0.1) is 10.5 Å². The lowest BCUT2D eigenvalue weighted by atomic mass is 10.2. The van der Waals surface area contributed by atoms with E-state index in [2.05, 4.69) is 15.6 Å². The number of hydrogen-bond acceptors (Lipinski definition) is 6. The number of nitrogens with one attached hydrogen (secondary N) is 2. The average Bonchev–Trinajstić information content (AvgIpc) is 2.47. The third-order valence-electron chi connectivity index (χ3n) is 2.73. The van der Waals surface area contributed by atoms with Gasteiger partial charge in [-0.3, -0.25) is 14.9 Å². The molecule has 0 saturated carbocycles. The highest BCUT2D eigenvalue weighted by atomic mass is 32.2. The zero-order chi connectivity index (χ0) is 15.7. The lowest BCUT2D eigenvalue weighted by Crippen LogP contribution is -2.26. The Hall–Kier alpha value is -1.83. The summed E-state index contributed by atoms with van der Waals surface area (Å²) in [5.41, 5.74) is 0.0140. The molecule has 0 radical (unpaired) electrons. The summed E-state index contributed by atoms with van der Waals surface area (Å²) in [4.78, 5) is 26.3. The van der Waals surface area contributed by atoms with Crippen LogP contribution in [0.25, 0.3) is 0 Å². The highest BCUT2D eigenvalue weighted by Crippen LogP contribution is 2.19. The Labute approximate surface area is 128 Å². The maximum absolute atomic E-state index is 12.1. The maximum atomic E-state index is 12.1. The molecular weight excluding hydrogens is 292 g/mol. The summed E-state index contributed by atoms with van der Waals surface area (Å²) in [7, 11) is 0. The number of pyridine rings is 1. The van der Waals surface area contributed by atoms with Crippen molar-refractivity contribution in [2.24, 2.45) is 0 Å². The monoisotopic (exact) mass is 312 g/mol. The van der Waals surface area contributed by atoms with E-state index in [9.17, 15) is 14.9 Å². The predicted molar refractivity (Wildman–Crippen MR) is 85.0 cm³/mol. The summed E-state index contributed by atoms with van der Waals surface area (Å²) >= 11 is 1.76. The molecule has 1 rings (SSSR count). The zero-order valence-corrected chi connectivity index (χ0v) is 13.0. The standard InChI is InChI=1S/C13H20N4O3S/c1-3-14-12-11(8-10(9-16-12)17(19)20)13(18)15-6-4-5-7-21-2/h8-9H,3-7H2,1-2H3,(H,14,16)(H,15,18). The van der Waals surface area contributed by atoms with Crippen LogP contribution >= 0.6 is 11.8 Å². The number of hydrogen-bond donors (Lipinski definition) is 2. The molecule has 1 aromatic heterocycles. The van der Waals surface area contributed by atoms with Gasteiger partial charge in [0.25, 0.3) is 11.6 Å². The first-order valence-corrected chi connectivity index (χ1v) is 8.15. The molecule has 0 aliphatic heterocycles. The SMILES string of the molecule is CCNc1ncc([N+](=O)[O-])cc1C(=O)NCCCCSC. The van der Waals surface area contributed by atoms with Crippen LogP contribution in [0, 0.1) is 10.1 Å². The van der Waals surface area contributed by atoms with Crippen LogP contribution in [-0.2, 0) is 0 Å². The molecule has 8 heteroatoms. The zero-order valence-electron chi connectivity index (χ0n) is 12.2. The summed E-state index contributed by atoms with van der Waals surface area (Å²) in [6.45, 7) is 3.00. The Morgan fingerprint density at radius 1 is 1.48 bits per heavy atom. The molecule has 2 N–H and O–H groups in total. The average molecular weight is 312 g/mol. The number of nitro groups is 1. The molecule has 0 aliphatic carbocycles. The number of rotatable bonds is 9. The van der Waals surface area contributed by atoms with E-state index in [-0.39, 0.29) is 17.2 Å². The topological polar surface area (TPSA) is 97.2 Å². The van der Waals surface area contributed by atoms with Gasteiger partial charge < -0.3 is 10.6 Å². The predicted octanol–water partition coefficient (Wildman–Crippen LogP) is 2.29. The molecule has 21 heavy (non-hydrogen) atoms. The first-order chi connectivity index (χ1) is 10.1. The molecule has 7 nitrogen and oxygen atoms in total. The summed E-state index contributed by atoms with van der Waals surface area (Å²) in [6, 6.07) is 1.25. The van der Waals surface area contributed by atoms with Gasteiger partial charge in [-0.15, -0.1) is 0 Å². The lowest BCUT2D eigenvalue weighted by molar-refractivity contribution is -0.385. The van der Waals surface area contributed by atoms with E-state index >= 15 is 0 Å². The number of thioether (sulfide) groups is 1. The van der Waals surface area contributed by atoms with Crippen molar-refractivity contribution in [1.82, 2.24) is 10.3 Å². The molecule has 0 aliphatic rings. The Bertz CT molecular complexity index is 496. The fourth-order valence-corrected chi connectivity index (χ4v) is 2.20. The molecule has 1 amide bonds. The molecule has 1 heterocycles. The van der Waals surface area contributed by atoms with E-state index in [1.54, 1.807) is 11.8 Å². The Morgan fingerprint density at radius 2 is 2.24 bits per heavy atom. The number of unbranched alkanes of at least 4 members (excludes halogenated alkanes) is 1. The smallest absolute Gasteiger partial charge is 0.288 e. The van der Waals surface area contributed by atoms with Gasteiger partial charge in [0.15, 0.2) is 0 Å². The summed E-state index contributed by atoms with van der Waals surface area (Å²) in [5.74, 6) is 1.08. The van der Waals surface area contributed by atoms with E-state index in [0.717, 1.165) is 24.8 Å². The first-order valence-electron chi connectivity index (χ1n) is 6.75. The second-order valence-electron chi connectivity index (χ2n) is 4.33. The van der Waals surface area contributed by atoms with Gasteiger partial charge in [-0.05, 0) is 31.8 Å². The molecular formula is C13H20N4O3S. The van der Waals surface area contributed by atoms with E-state index < -0.39 is 4.92 Å². The minimum absolute atomic E-state index is 0.191. The molecule has 0 fully saturated rings. The minimum atomic E-state index is -0.558. The number of amides is 1. The van der Waals surface area contributed by atoms with Crippen LogP contribution in [0.3, 0.4) is 0 Å². The van der Waals surface area contributed by atoms with Crippen molar-refractivity contribution in [2.75, 3.05) is 30.4 Å². The van der Waals surface area contributed by atoms with Gasteiger partial charge in [-0.25, -0.2) is 4.98 Å². The third kappa shape index (κ3) is 5.58. The van der Waals surface area contributed by atoms with Crippen molar-refractivity contribution in [3.8, 4) is 0 Å². The molecule has 0 aromatic carbocycles. The summed E-state index contributed by atoms with van der Waals surface area (Å²) in [6.07, 6.45) is 5.09. The third-order valence-corrected chi connectivity index (χ3v) is 3.43. The van der Waals surface area contributed by atoms with Gasteiger partial charge >= 0.3 is 0 Å². The van der Waals surface area contributed by atoms with Crippen molar-refractivity contribution in [3.63, 3.8) is 0 Å². The van der Waals surface area contributed by atoms with Gasteiger partial charge in [0.1, 0.15) is 12.0 Å². The van der Waals surface area contributed by atoms with Crippen LogP contribution in [0.1, 0.15) is 30.1 Å². The number of anilines is 1. The van der Waals surface area contributed by atoms with Crippen molar-refractivity contribution in [3.05, 3.63) is 27.9 Å². The fraction of sp³-hybridized carbons (Fsp3) is 0.538. The van der Waals surface area contributed by atoms with Crippen LogP contribution in [0.15, 0.2) is 12.3 Å². The van der Waals surface area contributed by atoms with E-state index in [1.807, 2.05) is 13.2 Å². The Morgan fingerprint density at radius 3 is 2.86 bits per heavy atom. The highest BCUT2D eigenvalue weighted by molar-refractivity contribution is 7.98. The summed E-state index contributed by atoms with van der Waals surface area (Å²) < 4.78 is 0. The highest BCUT2D eigenvalue weighted by Gasteiger charge is 2.17. The van der Waals surface area contributed by atoms with Crippen molar-refractivity contribution in [1.29, 1.82) is 0 Å². The van der Waals surface area contributed by atoms with E-state index in [1.165, 1.54) is 6.07 Å². The Kier molecular flexibility index (Phi) is 7.52. The van der Waals surface area contributed by atoms with Crippen LogP contribution in [-0.4, -0.2) is 40.9 Å². The minimum Gasteiger partial charge on any atom is -0.370 e. The van der Waals surface area contributed by atoms with Gasteiger partial charge in [0, 0.05) is 19.2 Å². The van der Waals surface area contributed by atoms with Gasteiger partial charge in [-0.2, -0.15) is 11.8 Å². The molecule has 0 bridgehead atoms. The lowest BCUT2D eigenvalue weighted by Gasteiger charge is -2.10. The largest absolute Gasteiger partial charge is 0.370 e. The quantitative estimate of drug-likeness (QED) is 0.412. The maximum Gasteiger partial charge on any atom is 0.288 e. The van der Waals surface area contributed by atoms with Crippen molar-refractivity contribution in [2.45, 2.75) is 19.8 Å². The van der Waals surface area contributed by atoms with Crippen LogP contribution in [0.5, 0.6) is 0 Å². The Balaban J connectivity index is 2.74. The molecule has 0 saturated heterocycles. The van der Waals surface area contributed by atoms with Crippen LogP contribution in [0.2, 0.25) is 0 Å². The molecule has 1 aromatic rings. The summed E-state index contributed by atoms with van der Waals surface area (Å²) in [5, 5.41) is 16.5. The number of carbonyl (C=O) groups excluding carboxylic acids is 1. The van der Waals surface area contributed by atoms with E-state index in [4.69, 9.17) is 0 Å². The second kappa shape index (κ2) is 9.17. The van der Waals surface area contributed by atoms with E-state index in [0.29, 0.717) is 18.9 Å². The number of nitrogens with zero attached hydrogens (tertiary/aromatic N) is 2. The number of carbonyl (C=O) groups is 1. The first kappa shape index (κ1) is 17.2. The molecule has 116 valence electrons. The van der Waals surface area contributed by atoms with Gasteiger partial charge in [-0.1, -0.05) is 0 Å². The second-order valence-corrected chi connectivity index (χ2v) is 5.32. The molecule has 0 atom stereocenters. The normalized spacial score (nSPS) is 10.2.